The highest BCUT2D eigenvalue weighted by atomic mass is 35.5. The van der Waals surface area contributed by atoms with E-state index in [0.717, 1.165) is 11.1 Å². The van der Waals surface area contributed by atoms with E-state index >= 15 is 0 Å². The molecule has 1 heterocycles. The predicted octanol–water partition coefficient (Wildman–Crippen LogP) is 6.53. The van der Waals surface area contributed by atoms with Crippen LogP contribution in [0.4, 0.5) is 5.69 Å². The molecule has 0 fully saturated rings. The molecule has 1 amide bonds. The molecule has 1 aromatic heterocycles. The Bertz CT molecular complexity index is 1390. The number of halogens is 2. The monoisotopic (exact) mass is 483 g/mol. The Balaban J connectivity index is 1.45. The van der Waals surface area contributed by atoms with Gasteiger partial charge in [-0.25, -0.2) is 0 Å². The number of fused-ring (bicyclic) bond motifs is 1. The summed E-state index contributed by atoms with van der Waals surface area (Å²) in [6.45, 7) is 3.66. The van der Waals surface area contributed by atoms with Crippen molar-refractivity contribution in [2.24, 2.45) is 0 Å². The third kappa shape index (κ3) is 5.48. The van der Waals surface area contributed by atoms with Crippen molar-refractivity contribution >= 4 is 45.8 Å². The van der Waals surface area contributed by atoms with E-state index in [0.29, 0.717) is 38.2 Å². The van der Waals surface area contributed by atoms with Crippen LogP contribution in [0, 0.1) is 13.8 Å². The number of hydrogen-bond acceptors (Lipinski definition) is 5. The highest BCUT2D eigenvalue weighted by Gasteiger charge is 2.12. The normalized spacial score (nSPS) is 10.8. The van der Waals surface area contributed by atoms with Crippen molar-refractivity contribution in [1.29, 1.82) is 0 Å². The second-order valence-corrected chi connectivity index (χ2v) is 8.29. The second kappa shape index (κ2) is 9.57. The van der Waals surface area contributed by atoms with Gasteiger partial charge in [-0.1, -0.05) is 29.3 Å². The standard InChI is InChI=1S/C25H19Cl2NO5/c1-14-7-15(2)9-18(8-14)33-23-12-32-22-11-17(4-5-19(22)25(23)30)31-13-24(29)28-16-3-6-20(26)21(27)10-16/h3-12H,13H2,1-2H3,(H,28,29). The Morgan fingerprint density at radius 1 is 0.939 bits per heavy atom. The van der Waals surface area contributed by atoms with E-state index in [9.17, 15) is 9.59 Å². The molecule has 1 N–H and O–H groups in total. The van der Waals surface area contributed by atoms with Gasteiger partial charge in [-0.3, -0.25) is 9.59 Å². The number of amides is 1. The van der Waals surface area contributed by atoms with Crippen LogP contribution < -0.4 is 20.2 Å². The number of rotatable bonds is 6. The molecule has 0 atom stereocenters. The summed E-state index contributed by atoms with van der Waals surface area (Å²) < 4.78 is 16.9. The van der Waals surface area contributed by atoms with E-state index in [1.165, 1.54) is 6.26 Å². The van der Waals surface area contributed by atoms with Crippen LogP contribution in [0.15, 0.2) is 70.1 Å². The second-order valence-electron chi connectivity index (χ2n) is 7.48. The molecule has 0 aliphatic rings. The molecule has 0 unspecified atom stereocenters. The summed E-state index contributed by atoms with van der Waals surface area (Å²) >= 11 is 11.8. The van der Waals surface area contributed by atoms with Gasteiger partial charge in [0.15, 0.2) is 6.61 Å². The fourth-order valence-corrected chi connectivity index (χ4v) is 3.59. The Morgan fingerprint density at radius 3 is 2.42 bits per heavy atom. The van der Waals surface area contributed by atoms with Crippen molar-refractivity contribution in [2.75, 3.05) is 11.9 Å². The van der Waals surface area contributed by atoms with Gasteiger partial charge < -0.3 is 19.2 Å². The first-order chi connectivity index (χ1) is 15.8. The highest BCUT2D eigenvalue weighted by molar-refractivity contribution is 6.42. The molecule has 8 heteroatoms. The Kier molecular flexibility index (Phi) is 6.58. The van der Waals surface area contributed by atoms with Crippen LogP contribution in [0.2, 0.25) is 10.0 Å². The number of carbonyl (C=O) groups excluding carboxylic acids is 1. The Hall–Kier alpha value is -3.48. The first-order valence-corrected chi connectivity index (χ1v) is 10.7. The summed E-state index contributed by atoms with van der Waals surface area (Å²) in [6, 6.07) is 15.2. The van der Waals surface area contributed by atoms with E-state index in [2.05, 4.69) is 5.32 Å². The van der Waals surface area contributed by atoms with E-state index in [4.69, 9.17) is 37.1 Å². The maximum Gasteiger partial charge on any atom is 0.262 e. The smallest absolute Gasteiger partial charge is 0.262 e. The SMILES string of the molecule is Cc1cc(C)cc(Oc2coc3cc(OCC(=O)Nc4ccc(Cl)c(Cl)c4)ccc3c2=O)c1. The molecule has 0 spiro atoms. The summed E-state index contributed by atoms with van der Waals surface area (Å²) in [5, 5.41) is 3.73. The van der Waals surface area contributed by atoms with Crippen LogP contribution in [0.3, 0.4) is 0 Å². The lowest BCUT2D eigenvalue weighted by Gasteiger charge is -2.10. The lowest BCUT2D eigenvalue weighted by atomic mass is 10.1. The van der Waals surface area contributed by atoms with Crippen LogP contribution in [0.25, 0.3) is 11.0 Å². The van der Waals surface area contributed by atoms with E-state index in [-0.39, 0.29) is 23.7 Å². The predicted molar refractivity (Wildman–Crippen MR) is 129 cm³/mol. The third-order valence-electron chi connectivity index (χ3n) is 4.71. The van der Waals surface area contributed by atoms with Crippen molar-refractivity contribution in [2.45, 2.75) is 13.8 Å². The minimum absolute atomic E-state index is 0.0853. The fourth-order valence-electron chi connectivity index (χ4n) is 3.29. The number of aryl methyl sites for hydroxylation is 2. The summed E-state index contributed by atoms with van der Waals surface area (Å²) in [4.78, 5) is 25.0. The highest BCUT2D eigenvalue weighted by Crippen LogP contribution is 2.26. The molecule has 3 aromatic carbocycles. The van der Waals surface area contributed by atoms with Gasteiger partial charge in [-0.15, -0.1) is 0 Å². The van der Waals surface area contributed by atoms with Gasteiger partial charge in [-0.2, -0.15) is 0 Å². The quantitative estimate of drug-likeness (QED) is 0.337. The van der Waals surface area contributed by atoms with E-state index in [1.54, 1.807) is 36.4 Å². The minimum atomic E-state index is -0.382. The van der Waals surface area contributed by atoms with Gasteiger partial charge in [0.05, 0.1) is 15.4 Å². The lowest BCUT2D eigenvalue weighted by Crippen LogP contribution is -2.20. The number of carbonyl (C=O) groups is 1. The van der Waals surface area contributed by atoms with Crippen molar-refractivity contribution in [3.05, 3.63) is 92.3 Å². The zero-order chi connectivity index (χ0) is 23.5. The average Bonchev–Trinajstić information content (AvgIpc) is 2.76. The van der Waals surface area contributed by atoms with E-state index < -0.39 is 0 Å². The average molecular weight is 484 g/mol. The summed E-state index contributed by atoms with van der Waals surface area (Å²) in [7, 11) is 0. The zero-order valence-corrected chi connectivity index (χ0v) is 19.3. The van der Waals surface area contributed by atoms with Crippen molar-refractivity contribution < 1.29 is 18.7 Å². The Morgan fingerprint density at radius 2 is 1.70 bits per heavy atom. The van der Waals surface area contributed by atoms with Crippen LogP contribution in [0.1, 0.15) is 11.1 Å². The van der Waals surface area contributed by atoms with Crippen molar-refractivity contribution in [1.82, 2.24) is 0 Å². The van der Waals surface area contributed by atoms with Gasteiger partial charge in [0.25, 0.3) is 5.91 Å². The van der Waals surface area contributed by atoms with Crippen molar-refractivity contribution in [3.8, 4) is 17.2 Å². The zero-order valence-electron chi connectivity index (χ0n) is 17.8. The van der Waals surface area contributed by atoms with Crippen LogP contribution >= 0.6 is 23.2 Å². The molecule has 0 bridgehead atoms. The van der Waals surface area contributed by atoms with Crippen LogP contribution in [0.5, 0.6) is 17.2 Å². The Labute approximate surface area is 199 Å². The molecular weight excluding hydrogens is 465 g/mol. The number of ether oxygens (including phenoxy) is 2. The van der Waals surface area contributed by atoms with Gasteiger partial charge in [0, 0.05) is 11.8 Å². The molecule has 4 rings (SSSR count). The molecule has 0 saturated carbocycles. The number of hydrogen-bond donors (Lipinski definition) is 1. The van der Waals surface area contributed by atoms with Crippen LogP contribution in [-0.2, 0) is 4.79 Å². The molecule has 0 radical (unpaired) electrons. The first kappa shape index (κ1) is 22.7. The largest absolute Gasteiger partial charge is 0.484 e. The number of anilines is 1. The maximum absolute atomic E-state index is 12.8. The molecule has 168 valence electrons. The minimum Gasteiger partial charge on any atom is -0.484 e. The lowest BCUT2D eigenvalue weighted by molar-refractivity contribution is -0.118. The molecule has 0 saturated heterocycles. The molecule has 6 nitrogen and oxygen atoms in total. The summed E-state index contributed by atoms with van der Waals surface area (Å²) in [5.74, 6) is 0.638. The fraction of sp³-hybridized carbons (Fsp3) is 0.120. The number of benzene rings is 3. The maximum atomic E-state index is 12.8. The van der Waals surface area contributed by atoms with Gasteiger partial charge >= 0.3 is 0 Å². The van der Waals surface area contributed by atoms with Gasteiger partial charge in [0.2, 0.25) is 11.2 Å². The van der Waals surface area contributed by atoms with Crippen LogP contribution in [-0.4, -0.2) is 12.5 Å². The molecule has 33 heavy (non-hydrogen) atoms. The molecule has 4 aromatic rings. The number of nitrogens with one attached hydrogen (secondary N) is 1. The third-order valence-corrected chi connectivity index (χ3v) is 5.45. The van der Waals surface area contributed by atoms with Gasteiger partial charge in [0.1, 0.15) is 23.3 Å². The van der Waals surface area contributed by atoms with E-state index in [1.807, 2.05) is 32.0 Å². The molecular formula is C25H19Cl2NO5. The topological polar surface area (TPSA) is 77.8 Å². The van der Waals surface area contributed by atoms with Gasteiger partial charge in [-0.05, 0) is 67.4 Å². The molecule has 0 aliphatic carbocycles. The summed E-state index contributed by atoms with van der Waals surface area (Å²) in [5.41, 5.74) is 2.56. The van der Waals surface area contributed by atoms with Crippen molar-refractivity contribution in [3.63, 3.8) is 0 Å². The summed E-state index contributed by atoms with van der Waals surface area (Å²) in [6.07, 6.45) is 1.27. The first-order valence-electron chi connectivity index (χ1n) is 9.98. The molecule has 0 aliphatic heterocycles.